The Hall–Kier alpha value is -1.06. The molecule has 0 saturated carbocycles. The van der Waals surface area contributed by atoms with Crippen molar-refractivity contribution in [1.82, 2.24) is 4.90 Å². The fourth-order valence-corrected chi connectivity index (χ4v) is 1.82. The van der Waals surface area contributed by atoms with Gasteiger partial charge in [-0.3, -0.25) is 0 Å². The molecule has 15 heavy (non-hydrogen) atoms. The van der Waals surface area contributed by atoms with Gasteiger partial charge in [-0.05, 0) is 24.7 Å². The summed E-state index contributed by atoms with van der Waals surface area (Å²) in [6, 6.07) is 8.10. The van der Waals surface area contributed by atoms with Gasteiger partial charge >= 0.3 is 0 Å². The van der Waals surface area contributed by atoms with Crippen molar-refractivity contribution in [3.63, 3.8) is 0 Å². The second kappa shape index (κ2) is 4.64. The third-order valence-corrected chi connectivity index (χ3v) is 2.74. The number of hydrogen-bond acceptors (Lipinski definition) is 3. The van der Waals surface area contributed by atoms with Crippen molar-refractivity contribution < 1.29 is 9.47 Å². The van der Waals surface area contributed by atoms with Crippen LogP contribution < -0.4 is 4.74 Å². The van der Waals surface area contributed by atoms with Crippen molar-refractivity contribution >= 4 is 0 Å². The monoisotopic (exact) mass is 207 g/mol. The molecule has 0 spiro atoms. The van der Waals surface area contributed by atoms with Gasteiger partial charge in [0.05, 0.1) is 19.8 Å². The van der Waals surface area contributed by atoms with Crippen LogP contribution in [0.25, 0.3) is 0 Å². The van der Waals surface area contributed by atoms with E-state index in [1.807, 2.05) is 18.2 Å². The molecule has 1 fully saturated rings. The van der Waals surface area contributed by atoms with Crippen LogP contribution in [-0.4, -0.2) is 38.8 Å². The molecule has 3 nitrogen and oxygen atoms in total. The topological polar surface area (TPSA) is 21.7 Å². The minimum absolute atomic E-state index is 0.179. The van der Waals surface area contributed by atoms with Crippen molar-refractivity contribution in [2.75, 3.05) is 33.9 Å². The number of hydrogen-bond donors (Lipinski definition) is 0. The van der Waals surface area contributed by atoms with E-state index in [4.69, 9.17) is 9.47 Å². The van der Waals surface area contributed by atoms with Crippen molar-refractivity contribution in [3.05, 3.63) is 29.8 Å². The Morgan fingerprint density at radius 2 is 2.33 bits per heavy atom. The highest BCUT2D eigenvalue weighted by atomic mass is 16.5. The molecule has 82 valence electrons. The summed E-state index contributed by atoms with van der Waals surface area (Å²) in [5.74, 6) is 0.893. The van der Waals surface area contributed by atoms with Crippen LogP contribution in [0.4, 0.5) is 0 Å². The Labute approximate surface area is 90.6 Å². The van der Waals surface area contributed by atoms with Crippen LogP contribution in [0, 0.1) is 0 Å². The number of likely N-dealkylation sites (N-methyl/N-ethyl adjacent to an activating group) is 1. The number of benzene rings is 1. The van der Waals surface area contributed by atoms with E-state index in [1.54, 1.807) is 7.11 Å². The van der Waals surface area contributed by atoms with E-state index >= 15 is 0 Å². The maximum Gasteiger partial charge on any atom is 0.119 e. The molecule has 1 aliphatic heterocycles. The van der Waals surface area contributed by atoms with Gasteiger partial charge in [-0.25, -0.2) is 0 Å². The van der Waals surface area contributed by atoms with E-state index in [-0.39, 0.29) is 6.10 Å². The molecule has 1 aliphatic rings. The van der Waals surface area contributed by atoms with Crippen LogP contribution in [0.1, 0.15) is 11.7 Å². The highest BCUT2D eigenvalue weighted by molar-refractivity contribution is 5.30. The van der Waals surface area contributed by atoms with Gasteiger partial charge in [0.15, 0.2) is 0 Å². The van der Waals surface area contributed by atoms with Crippen LogP contribution in [0.2, 0.25) is 0 Å². The van der Waals surface area contributed by atoms with Gasteiger partial charge < -0.3 is 14.4 Å². The number of methoxy groups -OCH3 is 1. The highest BCUT2D eigenvalue weighted by Gasteiger charge is 2.19. The SMILES string of the molecule is COc1cccc(C2CN(C)CCO2)c1. The van der Waals surface area contributed by atoms with Crippen molar-refractivity contribution in [1.29, 1.82) is 0 Å². The molecule has 1 atom stereocenters. The average molecular weight is 207 g/mol. The Balaban J connectivity index is 2.13. The molecule has 0 radical (unpaired) electrons. The fraction of sp³-hybridized carbons (Fsp3) is 0.500. The molecule has 3 heteroatoms. The molecule has 0 aliphatic carbocycles. The second-order valence-corrected chi connectivity index (χ2v) is 3.90. The first kappa shape index (κ1) is 10.5. The Kier molecular flexibility index (Phi) is 3.23. The van der Waals surface area contributed by atoms with Crippen LogP contribution in [0.5, 0.6) is 5.75 Å². The summed E-state index contributed by atoms with van der Waals surface area (Å²) in [5, 5.41) is 0. The van der Waals surface area contributed by atoms with E-state index in [0.717, 1.165) is 25.4 Å². The standard InChI is InChI=1S/C12H17NO2/c1-13-6-7-15-12(9-13)10-4-3-5-11(8-10)14-2/h3-5,8,12H,6-7,9H2,1-2H3. The molecule has 1 heterocycles. The lowest BCUT2D eigenvalue weighted by atomic mass is 10.1. The molecule has 0 N–H and O–H groups in total. The minimum atomic E-state index is 0.179. The number of rotatable bonds is 2. The maximum absolute atomic E-state index is 5.74. The Bertz CT molecular complexity index is 327. The van der Waals surface area contributed by atoms with Gasteiger partial charge in [0.2, 0.25) is 0 Å². The third kappa shape index (κ3) is 2.49. The quantitative estimate of drug-likeness (QED) is 0.736. The maximum atomic E-state index is 5.74. The second-order valence-electron chi connectivity index (χ2n) is 3.90. The average Bonchev–Trinajstić information content (AvgIpc) is 2.29. The van der Waals surface area contributed by atoms with Gasteiger partial charge in [-0.2, -0.15) is 0 Å². The van der Waals surface area contributed by atoms with Crippen molar-refractivity contribution in [2.24, 2.45) is 0 Å². The largest absolute Gasteiger partial charge is 0.497 e. The summed E-state index contributed by atoms with van der Waals surface area (Å²) < 4.78 is 10.9. The van der Waals surface area contributed by atoms with Gasteiger partial charge in [-0.1, -0.05) is 12.1 Å². The Morgan fingerprint density at radius 1 is 1.47 bits per heavy atom. The van der Waals surface area contributed by atoms with E-state index in [0.29, 0.717) is 0 Å². The van der Waals surface area contributed by atoms with E-state index in [1.165, 1.54) is 5.56 Å². The molecule has 1 aromatic carbocycles. The Morgan fingerprint density at radius 3 is 3.07 bits per heavy atom. The summed E-state index contributed by atoms with van der Waals surface area (Å²) in [6.45, 7) is 2.77. The molecule has 1 saturated heterocycles. The van der Waals surface area contributed by atoms with Gasteiger partial charge in [0.1, 0.15) is 5.75 Å². The predicted octanol–water partition coefficient (Wildman–Crippen LogP) is 1.70. The first-order valence-corrected chi connectivity index (χ1v) is 5.23. The molecule has 2 rings (SSSR count). The van der Waals surface area contributed by atoms with E-state index in [9.17, 15) is 0 Å². The molecule has 0 amide bonds. The normalized spacial score (nSPS) is 22.7. The molecule has 0 bridgehead atoms. The summed E-state index contributed by atoms with van der Waals surface area (Å²) in [7, 11) is 3.81. The first-order valence-electron chi connectivity index (χ1n) is 5.23. The summed E-state index contributed by atoms with van der Waals surface area (Å²) in [4.78, 5) is 2.29. The van der Waals surface area contributed by atoms with Crippen molar-refractivity contribution in [3.8, 4) is 5.75 Å². The molecular weight excluding hydrogens is 190 g/mol. The smallest absolute Gasteiger partial charge is 0.119 e. The van der Waals surface area contributed by atoms with Crippen LogP contribution in [0.3, 0.4) is 0 Å². The summed E-state index contributed by atoms with van der Waals surface area (Å²) in [5.41, 5.74) is 1.20. The lowest BCUT2D eigenvalue weighted by molar-refractivity contribution is -0.0209. The van der Waals surface area contributed by atoms with Crippen LogP contribution in [-0.2, 0) is 4.74 Å². The molecular formula is C12H17NO2. The molecule has 1 aromatic rings. The van der Waals surface area contributed by atoms with E-state index in [2.05, 4.69) is 18.0 Å². The zero-order valence-corrected chi connectivity index (χ0v) is 9.27. The van der Waals surface area contributed by atoms with Gasteiger partial charge in [-0.15, -0.1) is 0 Å². The molecule has 1 unspecified atom stereocenters. The summed E-state index contributed by atoms with van der Waals surface area (Å²) >= 11 is 0. The third-order valence-electron chi connectivity index (χ3n) is 2.74. The van der Waals surface area contributed by atoms with Crippen molar-refractivity contribution in [2.45, 2.75) is 6.10 Å². The van der Waals surface area contributed by atoms with Gasteiger partial charge in [0, 0.05) is 13.1 Å². The van der Waals surface area contributed by atoms with E-state index < -0.39 is 0 Å². The number of ether oxygens (including phenoxy) is 2. The lowest BCUT2D eigenvalue weighted by Gasteiger charge is -2.30. The zero-order valence-electron chi connectivity index (χ0n) is 9.27. The highest BCUT2D eigenvalue weighted by Crippen LogP contribution is 2.24. The molecule has 0 aromatic heterocycles. The fourth-order valence-electron chi connectivity index (χ4n) is 1.82. The van der Waals surface area contributed by atoms with Crippen LogP contribution >= 0.6 is 0 Å². The first-order chi connectivity index (χ1) is 7.29. The minimum Gasteiger partial charge on any atom is -0.497 e. The number of morpholine rings is 1. The number of nitrogens with zero attached hydrogens (tertiary/aromatic N) is 1. The van der Waals surface area contributed by atoms with Gasteiger partial charge in [0.25, 0.3) is 0 Å². The zero-order chi connectivity index (χ0) is 10.7. The van der Waals surface area contributed by atoms with Crippen LogP contribution in [0.15, 0.2) is 24.3 Å². The predicted molar refractivity (Wildman–Crippen MR) is 59.2 cm³/mol. The summed E-state index contributed by atoms with van der Waals surface area (Å²) in [6.07, 6.45) is 0.179. The lowest BCUT2D eigenvalue weighted by Crippen LogP contribution is -2.35.